The third-order valence-corrected chi connectivity index (χ3v) is 4.40. The average molecular weight is 355 g/mol. The van der Waals surface area contributed by atoms with Crippen LogP contribution in [-0.4, -0.2) is 14.8 Å². The number of rotatable bonds is 6. The molecule has 0 unspecified atom stereocenters. The Morgan fingerprint density at radius 1 is 0.889 bits per heavy atom. The summed E-state index contributed by atoms with van der Waals surface area (Å²) in [5, 5.41) is 4.48. The van der Waals surface area contributed by atoms with Crippen LogP contribution < -0.4 is 4.74 Å². The van der Waals surface area contributed by atoms with E-state index in [1.165, 1.54) is 0 Å². The quantitative estimate of drug-likeness (QED) is 0.495. The van der Waals surface area contributed by atoms with Crippen LogP contribution in [0.3, 0.4) is 0 Å². The summed E-state index contributed by atoms with van der Waals surface area (Å²) < 4.78 is 7.93. The maximum atomic E-state index is 5.94. The van der Waals surface area contributed by atoms with Gasteiger partial charge in [0.15, 0.2) is 0 Å². The topological polar surface area (TPSA) is 39.9 Å². The number of aromatic nitrogens is 3. The number of ether oxygens (including phenoxy) is 1. The molecule has 2 heterocycles. The van der Waals surface area contributed by atoms with Gasteiger partial charge in [0.2, 0.25) is 0 Å². The van der Waals surface area contributed by atoms with Crippen LogP contribution in [0.2, 0.25) is 0 Å². The van der Waals surface area contributed by atoms with Crippen molar-refractivity contribution in [2.75, 3.05) is 0 Å². The Balaban J connectivity index is 1.49. The van der Waals surface area contributed by atoms with E-state index in [1.54, 1.807) is 0 Å². The van der Waals surface area contributed by atoms with Gasteiger partial charge in [-0.25, -0.2) is 0 Å². The van der Waals surface area contributed by atoms with Crippen molar-refractivity contribution in [2.45, 2.75) is 20.1 Å². The van der Waals surface area contributed by atoms with Crippen LogP contribution in [0.25, 0.3) is 11.3 Å². The summed E-state index contributed by atoms with van der Waals surface area (Å²) in [6.45, 7) is 3.23. The Morgan fingerprint density at radius 3 is 2.56 bits per heavy atom. The van der Waals surface area contributed by atoms with Crippen LogP contribution in [-0.2, 0) is 13.2 Å². The Hall–Kier alpha value is -3.40. The van der Waals surface area contributed by atoms with Crippen LogP contribution >= 0.6 is 0 Å². The van der Waals surface area contributed by atoms with Crippen molar-refractivity contribution in [3.8, 4) is 17.0 Å². The molecule has 0 bridgehead atoms. The number of hydrogen-bond acceptors (Lipinski definition) is 3. The molecular formula is C23H21N3O. The van der Waals surface area contributed by atoms with Gasteiger partial charge in [-0.15, -0.1) is 0 Å². The molecule has 4 heteroatoms. The largest absolute Gasteiger partial charge is 0.489 e. The summed E-state index contributed by atoms with van der Waals surface area (Å²) in [4.78, 5) is 4.39. The van der Waals surface area contributed by atoms with E-state index in [1.807, 2.05) is 66.5 Å². The molecular weight excluding hydrogens is 334 g/mol. The Kier molecular flexibility index (Phi) is 4.97. The molecule has 0 amide bonds. The molecule has 2 aromatic carbocycles. The monoisotopic (exact) mass is 355 g/mol. The van der Waals surface area contributed by atoms with Crippen LogP contribution in [0.15, 0.2) is 85.2 Å². The molecule has 0 fully saturated rings. The third-order valence-electron chi connectivity index (χ3n) is 4.40. The summed E-state index contributed by atoms with van der Waals surface area (Å²) >= 11 is 0. The summed E-state index contributed by atoms with van der Waals surface area (Å²) in [6.07, 6.45) is 3.72. The molecule has 0 saturated carbocycles. The van der Waals surface area contributed by atoms with E-state index in [4.69, 9.17) is 4.74 Å². The maximum absolute atomic E-state index is 5.94. The molecule has 0 aliphatic carbocycles. The van der Waals surface area contributed by atoms with Crippen molar-refractivity contribution in [2.24, 2.45) is 0 Å². The highest BCUT2D eigenvalue weighted by Gasteiger charge is 2.07. The van der Waals surface area contributed by atoms with Gasteiger partial charge < -0.3 is 4.74 Å². The van der Waals surface area contributed by atoms with Crippen LogP contribution in [0, 0.1) is 6.92 Å². The van der Waals surface area contributed by atoms with Gasteiger partial charge in [-0.1, -0.05) is 42.5 Å². The molecule has 0 spiro atoms. The minimum absolute atomic E-state index is 0.562. The minimum atomic E-state index is 0.562. The number of hydrogen-bond donors (Lipinski definition) is 0. The van der Waals surface area contributed by atoms with Crippen LogP contribution in [0.4, 0.5) is 0 Å². The molecule has 0 saturated heterocycles. The summed E-state index contributed by atoms with van der Waals surface area (Å²) in [5.74, 6) is 0.863. The summed E-state index contributed by atoms with van der Waals surface area (Å²) in [7, 11) is 0. The highest BCUT2D eigenvalue weighted by Crippen LogP contribution is 2.21. The number of pyridine rings is 1. The lowest BCUT2D eigenvalue weighted by atomic mass is 10.1. The molecule has 0 N–H and O–H groups in total. The molecule has 0 atom stereocenters. The predicted octanol–water partition coefficient (Wildman–Crippen LogP) is 4.88. The van der Waals surface area contributed by atoms with Crippen molar-refractivity contribution in [3.63, 3.8) is 0 Å². The number of benzene rings is 2. The Morgan fingerprint density at radius 2 is 1.74 bits per heavy atom. The normalized spacial score (nSPS) is 10.7. The fourth-order valence-electron chi connectivity index (χ4n) is 2.97. The molecule has 4 rings (SSSR count). The Bertz CT molecular complexity index is 1010. The lowest BCUT2D eigenvalue weighted by Gasteiger charge is -2.10. The SMILES string of the molecule is Cc1ccc(-c2ccnn2Cc2cccc(OCc3ccccc3)c2)cn1. The highest BCUT2D eigenvalue weighted by atomic mass is 16.5. The molecule has 134 valence electrons. The first kappa shape index (κ1) is 17.0. The minimum Gasteiger partial charge on any atom is -0.489 e. The van der Waals surface area contributed by atoms with Gasteiger partial charge in [-0.2, -0.15) is 5.10 Å². The van der Waals surface area contributed by atoms with Gasteiger partial charge in [0, 0.05) is 23.7 Å². The second kappa shape index (κ2) is 7.87. The molecule has 0 aliphatic rings. The summed E-state index contributed by atoms with van der Waals surface area (Å²) in [6, 6.07) is 24.5. The predicted molar refractivity (Wildman–Crippen MR) is 107 cm³/mol. The van der Waals surface area contributed by atoms with Crippen molar-refractivity contribution in [1.82, 2.24) is 14.8 Å². The van der Waals surface area contributed by atoms with E-state index in [0.717, 1.165) is 33.8 Å². The standard InChI is InChI=1S/C23H21N3O/c1-18-10-11-21(15-24-18)23-12-13-25-26(23)16-20-8-5-9-22(14-20)27-17-19-6-3-2-4-7-19/h2-15H,16-17H2,1H3. The highest BCUT2D eigenvalue weighted by molar-refractivity contribution is 5.58. The van der Waals surface area contributed by atoms with E-state index in [-0.39, 0.29) is 0 Å². The first-order valence-electron chi connectivity index (χ1n) is 8.98. The van der Waals surface area contributed by atoms with Gasteiger partial charge >= 0.3 is 0 Å². The molecule has 2 aromatic heterocycles. The summed E-state index contributed by atoms with van der Waals surface area (Å²) in [5.41, 5.74) is 5.43. The smallest absolute Gasteiger partial charge is 0.120 e. The van der Waals surface area contributed by atoms with E-state index in [0.29, 0.717) is 13.2 Å². The van der Waals surface area contributed by atoms with E-state index in [2.05, 4.69) is 40.4 Å². The zero-order valence-electron chi connectivity index (χ0n) is 15.2. The van der Waals surface area contributed by atoms with Gasteiger partial charge in [-0.3, -0.25) is 9.67 Å². The molecule has 0 radical (unpaired) electrons. The van der Waals surface area contributed by atoms with Crippen molar-refractivity contribution < 1.29 is 4.74 Å². The molecule has 4 aromatic rings. The van der Waals surface area contributed by atoms with Crippen molar-refractivity contribution >= 4 is 0 Å². The zero-order chi connectivity index (χ0) is 18.5. The number of aryl methyl sites for hydroxylation is 1. The molecule has 27 heavy (non-hydrogen) atoms. The van der Waals surface area contributed by atoms with E-state index < -0.39 is 0 Å². The number of nitrogens with zero attached hydrogens (tertiary/aromatic N) is 3. The fraction of sp³-hybridized carbons (Fsp3) is 0.130. The maximum Gasteiger partial charge on any atom is 0.120 e. The van der Waals surface area contributed by atoms with Gasteiger partial charge in [0.1, 0.15) is 12.4 Å². The lowest BCUT2D eigenvalue weighted by Crippen LogP contribution is -2.04. The van der Waals surface area contributed by atoms with E-state index in [9.17, 15) is 0 Å². The van der Waals surface area contributed by atoms with Crippen LogP contribution in [0.5, 0.6) is 5.75 Å². The lowest BCUT2D eigenvalue weighted by molar-refractivity contribution is 0.306. The van der Waals surface area contributed by atoms with E-state index >= 15 is 0 Å². The second-order valence-corrected chi connectivity index (χ2v) is 6.48. The molecule has 0 aliphatic heterocycles. The third kappa shape index (κ3) is 4.23. The fourth-order valence-corrected chi connectivity index (χ4v) is 2.97. The van der Waals surface area contributed by atoms with Crippen LogP contribution in [0.1, 0.15) is 16.8 Å². The van der Waals surface area contributed by atoms with Gasteiger partial charge in [0.25, 0.3) is 0 Å². The van der Waals surface area contributed by atoms with Gasteiger partial charge in [-0.05, 0) is 48.4 Å². The Labute approximate surface area is 159 Å². The first-order chi connectivity index (χ1) is 13.3. The van der Waals surface area contributed by atoms with Crippen molar-refractivity contribution in [1.29, 1.82) is 0 Å². The molecule has 4 nitrogen and oxygen atoms in total. The second-order valence-electron chi connectivity index (χ2n) is 6.48. The average Bonchev–Trinajstić information content (AvgIpc) is 3.16. The van der Waals surface area contributed by atoms with Gasteiger partial charge in [0.05, 0.1) is 12.2 Å². The first-order valence-corrected chi connectivity index (χ1v) is 8.98. The van der Waals surface area contributed by atoms with Crippen molar-refractivity contribution in [3.05, 3.63) is 102 Å². The zero-order valence-corrected chi connectivity index (χ0v) is 15.2.